The van der Waals surface area contributed by atoms with Crippen LogP contribution in [0.25, 0.3) is 0 Å². The lowest BCUT2D eigenvalue weighted by molar-refractivity contribution is -0.136. The molecule has 0 unspecified atom stereocenters. The maximum Gasteiger partial charge on any atom is 0.228 e. The van der Waals surface area contributed by atoms with E-state index in [4.69, 9.17) is 0 Å². The number of hydrogen-bond acceptors (Lipinski definition) is 3. The molecule has 130 valence electrons. The third-order valence-corrected chi connectivity index (χ3v) is 5.31. The van der Waals surface area contributed by atoms with E-state index in [1.165, 1.54) is 5.56 Å². The van der Waals surface area contributed by atoms with E-state index < -0.39 is 0 Å². The second kappa shape index (κ2) is 6.55. The summed E-state index contributed by atoms with van der Waals surface area (Å²) in [6.45, 7) is 8.43. The number of anilines is 1. The Morgan fingerprint density at radius 1 is 1.25 bits per heavy atom. The van der Waals surface area contributed by atoms with Crippen LogP contribution in [0, 0.1) is 26.7 Å². The van der Waals surface area contributed by atoms with Crippen molar-refractivity contribution in [2.45, 2.75) is 39.7 Å². The molecule has 5 heteroatoms. The van der Waals surface area contributed by atoms with Gasteiger partial charge < -0.3 is 15.1 Å². The zero-order valence-electron chi connectivity index (χ0n) is 15.1. The van der Waals surface area contributed by atoms with Crippen LogP contribution in [0.3, 0.4) is 0 Å². The number of hydrogen-bond donors (Lipinski definition) is 1. The molecule has 3 rings (SSSR count). The Bertz CT molecular complexity index is 642. The topological polar surface area (TPSA) is 52.7 Å². The first-order chi connectivity index (χ1) is 11.4. The van der Waals surface area contributed by atoms with Crippen LogP contribution in [0.4, 0.5) is 5.69 Å². The predicted octanol–water partition coefficient (Wildman–Crippen LogP) is 1.79. The summed E-state index contributed by atoms with van der Waals surface area (Å²) in [7, 11) is 1.87. The van der Waals surface area contributed by atoms with Crippen molar-refractivity contribution < 1.29 is 9.59 Å². The van der Waals surface area contributed by atoms with Crippen molar-refractivity contribution in [1.82, 2.24) is 10.2 Å². The number of carbonyl (C=O) groups is 2. The summed E-state index contributed by atoms with van der Waals surface area (Å²) in [5.41, 5.74) is 4.37. The predicted molar refractivity (Wildman–Crippen MR) is 95.2 cm³/mol. The van der Waals surface area contributed by atoms with Gasteiger partial charge in [0.25, 0.3) is 0 Å². The Morgan fingerprint density at radius 2 is 1.92 bits per heavy atom. The molecule has 2 aliphatic heterocycles. The van der Waals surface area contributed by atoms with Crippen LogP contribution in [0.5, 0.6) is 0 Å². The molecule has 2 heterocycles. The van der Waals surface area contributed by atoms with Crippen LogP contribution >= 0.6 is 0 Å². The second-order valence-corrected chi connectivity index (χ2v) is 7.25. The Morgan fingerprint density at radius 3 is 2.50 bits per heavy atom. The largest absolute Gasteiger partial charge is 0.341 e. The SMILES string of the molecule is Cc1cc(C)c(N2C[C@H](C(=O)N(C)[C@H]3CCNC3)CC2=O)c(C)c1. The number of carbonyl (C=O) groups excluding carboxylic acids is 2. The van der Waals surface area contributed by atoms with Gasteiger partial charge in [-0.25, -0.2) is 0 Å². The molecule has 0 aliphatic carbocycles. The zero-order valence-corrected chi connectivity index (χ0v) is 15.1. The highest BCUT2D eigenvalue weighted by atomic mass is 16.2. The number of amides is 2. The lowest BCUT2D eigenvalue weighted by Gasteiger charge is -2.27. The van der Waals surface area contributed by atoms with Gasteiger partial charge in [0.1, 0.15) is 0 Å². The highest BCUT2D eigenvalue weighted by molar-refractivity contribution is 6.01. The standard InChI is InChI=1S/C19H27N3O2/c1-12-7-13(2)18(14(3)8-12)22-11-15(9-17(22)23)19(24)21(4)16-5-6-20-10-16/h7-8,15-16,20H,5-6,9-11H2,1-4H3/t15-,16+/m1/s1. The van der Waals surface area contributed by atoms with E-state index in [-0.39, 0.29) is 23.8 Å². The normalized spacial score (nSPS) is 23.8. The summed E-state index contributed by atoms with van der Waals surface area (Å²) in [5, 5.41) is 3.29. The van der Waals surface area contributed by atoms with Gasteiger partial charge in [-0.3, -0.25) is 9.59 Å². The van der Waals surface area contributed by atoms with E-state index >= 15 is 0 Å². The minimum Gasteiger partial charge on any atom is -0.341 e. The molecule has 2 fully saturated rings. The molecular weight excluding hydrogens is 302 g/mol. The van der Waals surface area contributed by atoms with Gasteiger partial charge in [-0.2, -0.15) is 0 Å². The summed E-state index contributed by atoms with van der Waals surface area (Å²) in [6.07, 6.45) is 1.30. The molecule has 0 aromatic heterocycles. The van der Waals surface area contributed by atoms with Crippen LogP contribution in [0.1, 0.15) is 29.5 Å². The molecule has 1 aromatic rings. The fraction of sp³-hybridized carbons (Fsp3) is 0.579. The fourth-order valence-corrected chi connectivity index (χ4v) is 4.13. The maximum atomic E-state index is 12.8. The first-order valence-electron chi connectivity index (χ1n) is 8.74. The van der Waals surface area contributed by atoms with E-state index in [2.05, 4.69) is 24.4 Å². The Balaban J connectivity index is 1.77. The molecular formula is C19H27N3O2. The summed E-state index contributed by atoms with van der Waals surface area (Å²) >= 11 is 0. The Hall–Kier alpha value is -1.88. The van der Waals surface area contributed by atoms with Crippen molar-refractivity contribution in [2.75, 3.05) is 31.6 Å². The maximum absolute atomic E-state index is 12.8. The molecule has 2 amide bonds. The van der Waals surface area contributed by atoms with Crippen molar-refractivity contribution in [3.8, 4) is 0 Å². The van der Waals surface area contributed by atoms with Gasteiger partial charge in [0, 0.05) is 38.3 Å². The third-order valence-electron chi connectivity index (χ3n) is 5.31. The highest BCUT2D eigenvalue weighted by Gasteiger charge is 2.39. The molecule has 2 aliphatic rings. The molecule has 0 saturated carbocycles. The molecule has 24 heavy (non-hydrogen) atoms. The van der Waals surface area contributed by atoms with Crippen molar-refractivity contribution in [3.05, 3.63) is 28.8 Å². The zero-order chi connectivity index (χ0) is 17.4. The van der Waals surface area contributed by atoms with Crippen molar-refractivity contribution >= 4 is 17.5 Å². The van der Waals surface area contributed by atoms with E-state index in [9.17, 15) is 9.59 Å². The first kappa shape index (κ1) is 17.0. The minimum atomic E-state index is -0.233. The minimum absolute atomic E-state index is 0.0568. The molecule has 2 saturated heterocycles. The van der Waals surface area contributed by atoms with Crippen LogP contribution in [-0.4, -0.2) is 49.4 Å². The molecule has 1 aromatic carbocycles. The molecule has 0 bridgehead atoms. The van der Waals surface area contributed by atoms with E-state index in [1.54, 1.807) is 0 Å². The number of likely N-dealkylation sites (N-methyl/N-ethyl adjacent to an activating group) is 1. The van der Waals surface area contributed by atoms with Gasteiger partial charge in [0.15, 0.2) is 0 Å². The number of nitrogens with one attached hydrogen (secondary N) is 1. The van der Waals surface area contributed by atoms with Crippen LogP contribution in [0.15, 0.2) is 12.1 Å². The van der Waals surface area contributed by atoms with Gasteiger partial charge >= 0.3 is 0 Å². The van der Waals surface area contributed by atoms with Gasteiger partial charge in [0.2, 0.25) is 11.8 Å². The number of benzene rings is 1. The molecule has 0 radical (unpaired) electrons. The van der Waals surface area contributed by atoms with E-state index in [1.807, 2.05) is 30.7 Å². The van der Waals surface area contributed by atoms with E-state index in [0.717, 1.165) is 36.3 Å². The van der Waals surface area contributed by atoms with Crippen molar-refractivity contribution in [2.24, 2.45) is 5.92 Å². The van der Waals surface area contributed by atoms with Gasteiger partial charge in [-0.05, 0) is 44.9 Å². The average Bonchev–Trinajstić information content (AvgIpc) is 3.15. The van der Waals surface area contributed by atoms with Crippen molar-refractivity contribution in [1.29, 1.82) is 0 Å². The molecule has 0 spiro atoms. The molecule has 1 N–H and O–H groups in total. The molecule has 2 atom stereocenters. The Labute approximate surface area is 144 Å². The van der Waals surface area contributed by atoms with E-state index in [0.29, 0.717) is 13.0 Å². The van der Waals surface area contributed by atoms with Crippen LogP contribution < -0.4 is 10.2 Å². The van der Waals surface area contributed by atoms with Crippen LogP contribution in [0.2, 0.25) is 0 Å². The monoisotopic (exact) mass is 329 g/mol. The fourth-order valence-electron chi connectivity index (χ4n) is 4.13. The van der Waals surface area contributed by atoms with Gasteiger partial charge in [-0.15, -0.1) is 0 Å². The number of aryl methyl sites for hydroxylation is 3. The second-order valence-electron chi connectivity index (χ2n) is 7.25. The van der Waals surface area contributed by atoms with Crippen LogP contribution in [-0.2, 0) is 9.59 Å². The lowest BCUT2D eigenvalue weighted by Crippen LogP contribution is -2.42. The summed E-state index contributed by atoms with van der Waals surface area (Å²) in [6, 6.07) is 4.45. The lowest BCUT2D eigenvalue weighted by atomic mass is 10.0. The van der Waals surface area contributed by atoms with Gasteiger partial charge in [-0.1, -0.05) is 17.7 Å². The Kier molecular flexibility index (Phi) is 4.63. The quantitative estimate of drug-likeness (QED) is 0.920. The van der Waals surface area contributed by atoms with Crippen molar-refractivity contribution in [3.63, 3.8) is 0 Å². The number of nitrogens with zero attached hydrogens (tertiary/aromatic N) is 2. The summed E-state index contributed by atoms with van der Waals surface area (Å²) < 4.78 is 0. The smallest absolute Gasteiger partial charge is 0.228 e. The molecule has 5 nitrogen and oxygen atoms in total. The third kappa shape index (κ3) is 3.05. The van der Waals surface area contributed by atoms with Gasteiger partial charge in [0.05, 0.1) is 5.92 Å². The summed E-state index contributed by atoms with van der Waals surface area (Å²) in [4.78, 5) is 29.0. The highest BCUT2D eigenvalue weighted by Crippen LogP contribution is 2.32. The average molecular weight is 329 g/mol. The summed E-state index contributed by atoms with van der Waals surface area (Å²) in [5.74, 6) is -0.0773. The first-order valence-corrected chi connectivity index (χ1v) is 8.74. The number of rotatable bonds is 3.